The van der Waals surface area contributed by atoms with Crippen LogP contribution in [0.5, 0.6) is 5.75 Å². The molecule has 0 fully saturated rings. The third kappa shape index (κ3) is 1.56. The topological polar surface area (TPSA) is 35.3 Å². The molecule has 1 heterocycles. The zero-order chi connectivity index (χ0) is 11.9. The van der Waals surface area contributed by atoms with Crippen molar-refractivity contribution in [1.82, 2.24) is 4.98 Å². The molecule has 0 spiro atoms. The van der Waals surface area contributed by atoms with Gasteiger partial charge < -0.3 is 9.15 Å². The third-order valence-corrected chi connectivity index (χ3v) is 2.76. The zero-order valence-corrected chi connectivity index (χ0v) is 10.4. The van der Waals surface area contributed by atoms with Crippen LogP contribution in [0.25, 0.3) is 11.1 Å². The van der Waals surface area contributed by atoms with Crippen LogP contribution in [0.3, 0.4) is 0 Å². The van der Waals surface area contributed by atoms with Gasteiger partial charge >= 0.3 is 0 Å². The van der Waals surface area contributed by atoms with Crippen molar-refractivity contribution in [2.75, 3.05) is 7.11 Å². The molecule has 0 amide bonds. The molecular weight excluding hydrogens is 202 g/mol. The smallest absolute Gasteiger partial charge is 0.192 e. The van der Waals surface area contributed by atoms with Crippen LogP contribution in [-0.2, 0) is 0 Å². The van der Waals surface area contributed by atoms with Gasteiger partial charge in [0.2, 0.25) is 0 Å². The Morgan fingerprint density at radius 1 is 1.31 bits per heavy atom. The predicted octanol–water partition coefficient (Wildman–Crippen LogP) is 3.58. The molecule has 0 aliphatic heterocycles. The van der Waals surface area contributed by atoms with E-state index < -0.39 is 0 Å². The molecule has 2 aromatic rings. The summed E-state index contributed by atoms with van der Waals surface area (Å²) >= 11 is 0. The Balaban J connectivity index is 2.86. The molecule has 0 aliphatic carbocycles. The maximum atomic E-state index is 5.69. The van der Waals surface area contributed by atoms with Gasteiger partial charge in [0.25, 0.3) is 0 Å². The lowest BCUT2D eigenvalue weighted by Crippen LogP contribution is -1.96. The van der Waals surface area contributed by atoms with Crippen molar-refractivity contribution in [3.63, 3.8) is 0 Å². The van der Waals surface area contributed by atoms with Gasteiger partial charge in [0.1, 0.15) is 11.3 Å². The molecular formula is C13H17NO2. The minimum Gasteiger partial charge on any atom is -0.496 e. The van der Waals surface area contributed by atoms with Crippen molar-refractivity contribution < 1.29 is 9.15 Å². The van der Waals surface area contributed by atoms with E-state index in [1.807, 2.05) is 19.9 Å². The number of oxazole rings is 1. The van der Waals surface area contributed by atoms with Crippen molar-refractivity contribution >= 4 is 11.1 Å². The van der Waals surface area contributed by atoms with E-state index in [0.717, 1.165) is 28.0 Å². The van der Waals surface area contributed by atoms with Crippen LogP contribution >= 0.6 is 0 Å². The minimum atomic E-state index is 0.352. The van der Waals surface area contributed by atoms with Gasteiger partial charge in [0.15, 0.2) is 11.5 Å². The minimum absolute atomic E-state index is 0.352. The molecule has 0 radical (unpaired) electrons. The van der Waals surface area contributed by atoms with Crippen molar-refractivity contribution in [3.8, 4) is 5.75 Å². The van der Waals surface area contributed by atoms with Crippen LogP contribution in [0.1, 0.15) is 36.8 Å². The predicted molar refractivity (Wildman–Crippen MR) is 64.1 cm³/mol. The van der Waals surface area contributed by atoms with Gasteiger partial charge in [-0.15, -0.1) is 0 Å². The lowest BCUT2D eigenvalue weighted by molar-refractivity contribution is 0.406. The molecule has 1 aromatic heterocycles. The van der Waals surface area contributed by atoms with Gasteiger partial charge in [-0.3, -0.25) is 0 Å². The highest BCUT2D eigenvalue weighted by atomic mass is 16.5. The van der Waals surface area contributed by atoms with E-state index in [1.165, 1.54) is 0 Å². The summed E-state index contributed by atoms with van der Waals surface area (Å²) in [7, 11) is 1.69. The SMILES string of the molecule is COc1cc(C)c2nc(C)oc2c1C(C)C. The van der Waals surface area contributed by atoms with Gasteiger partial charge in [0.05, 0.1) is 7.11 Å². The molecule has 3 nitrogen and oxygen atoms in total. The number of fused-ring (bicyclic) bond motifs is 1. The number of benzene rings is 1. The molecule has 1 aromatic carbocycles. The highest BCUT2D eigenvalue weighted by Crippen LogP contribution is 2.36. The van der Waals surface area contributed by atoms with Gasteiger partial charge in [-0.1, -0.05) is 13.8 Å². The number of aromatic nitrogens is 1. The normalized spacial score (nSPS) is 11.4. The first-order valence-corrected chi connectivity index (χ1v) is 5.49. The second kappa shape index (κ2) is 3.81. The average molecular weight is 219 g/mol. The number of methoxy groups -OCH3 is 1. The Kier molecular flexibility index (Phi) is 2.62. The van der Waals surface area contributed by atoms with Crippen molar-refractivity contribution in [2.45, 2.75) is 33.6 Å². The first-order chi connectivity index (χ1) is 7.54. The van der Waals surface area contributed by atoms with Gasteiger partial charge in [-0.2, -0.15) is 0 Å². The van der Waals surface area contributed by atoms with Crippen LogP contribution in [0.15, 0.2) is 10.5 Å². The number of hydrogen-bond donors (Lipinski definition) is 0. The van der Waals surface area contributed by atoms with Crippen LogP contribution < -0.4 is 4.74 Å². The molecule has 0 bridgehead atoms. The van der Waals surface area contributed by atoms with E-state index in [9.17, 15) is 0 Å². The van der Waals surface area contributed by atoms with E-state index >= 15 is 0 Å². The van der Waals surface area contributed by atoms with Crippen LogP contribution in [0.4, 0.5) is 0 Å². The van der Waals surface area contributed by atoms with Gasteiger partial charge in [-0.25, -0.2) is 4.98 Å². The summed E-state index contributed by atoms with van der Waals surface area (Å²) in [5.74, 6) is 1.94. The largest absolute Gasteiger partial charge is 0.496 e. The van der Waals surface area contributed by atoms with Crippen LogP contribution in [0, 0.1) is 13.8 Å². The van der Waals surface area contributed by atoms with E-state index in [0.29, 0.717) is 11.8 Å². The Bertz CT molecular complexity index is 526. The summed E-state index contributed by atoms with van der Waals surface area (Å²) in [6.07, 6.45) is 0. The zero-order valence-electron chi connectivity index (χ0n) is 10.4. The summed E-state index contributed by atoms with van der Waals surface area (Å²) in [5, 5.41) is 0. The first-order valence-electron chi connectivity index (χ1n) is 5.49. The number of aryl methyl sites for hydroxylation is 2. The highest BCUT2D eigenvalue weighted by Gasteiger charge is 2.18. The summed E-state index contributed by atoms with van der Waals surface area (Å²) < 4.78 is 11.1. The van der Waals surface area contributed by atoms with Crippen LogP contribution in [0.2, 0.25) is 0 Å². The molecule has 0 atom stereocenters. The van der Waals surface area contributed by atoms with Gasteiger partial charge in [-0.05, 0) is 24.5 Å². The fraction of sp³-hybridized carbons (Fsp3) is 0.462. The molecule has 86 valence electrons. The van der Waals surface area contributed by atoms with E-state index in [2.05, 4.69) is 18.8 Å². The summed E-state index contributed by atoms with van der Waals surface area (Å²) in [6.45, 7) is 8.15. The third-order valence-electron chi connectivity index (χ3n) is 2.76. The molecule has 0 N–H and O–H groups in total. The van der Waals surface area contributed by atoms with E-state index in [1.54, 1.807) is 7.11 Å². The van der Waals surface area contributed by atoms with Gasteiger partial charge in [0, 0.05) is 12.5 Å². The number of rotatable bonds is 2. The summed E-state index contributed by atoms with van der Waals surface area (Å²) in [6, 6.07) is 2.03. The molecule has 3 heteroatoms. The number of nitrogens with zero attached hydrogens (tertiary/aromatic N) is 1. The number of hydrogen-bond acceptors (Lipinski definition) is 3. The van der Waals surface area contributed by atoms with E-state index in [4.69, 9.17) is 9.15 Å². The quantitative estimate of drug-likeness (QED) is 0.774. The van der Waals surface area contributed by atoms with Crippen molar-refractivity contribution in [1.29, 1.82) is 0 Å². The molecule has 0 unspecified atom stereocenters. The Labute approximate surface area is 95.4 Å². The lowest BCUT2D eigenvalue weighted by Gasteiger charge is -2.12. The monoisotopic (exact) mass is 219 g/mol. The summed E-state index contributed by atoms with van der Waals surface area (Å²) in [5.41, 5.74) is 4.00. The number of ether oxygens (including phenoxy) is 1. The highest BCUT2D eigenvalue weighted by molar-refractivity contribution is 5.83. The summed E-state index contributed by atoms with van der Waals surface area (Å²) in [4.78, 5) is 4.41. The van der Waals surface area contributed by atoms with Crippen molar-refractivity contribution in [3.05, 3.63) is 23.1 Å². The fourth-order valence-electron chi connectivity index (χ4n) is 2.05. The fourth-order valence-corrected chi connectivity index (χ4v) is 2.05. The lowest BCUT2D eigenvalue weighted by atomic mass is 9.99. The maximum absolute atomic E-state index is 5.69. The standard InChI is InChI=1S/C13H17NO2/c1-7(2)11-10(15-5)6-8(3)12-13(11)16-9(4)14-12/h6-7H,1-5H3. The molecule has 16 heavy (non-hydrogen) atoms. The van der Waals surface area contributed by atoms with Crippen LogP contribution in [-0.4, -0.2) is 12.1 Å². The van der Waals surface area contributed by atoms with E-state index in [-0.39, 0.29) is 0 Å². The molecule has 0 saturated heterocycles. The maximum Gasteiger partial charge on any atom is 0.192 e. The Hall–Kier alpha value is -1.51. The molecule has 0 aliphatic rings. The average Bonchev–Trinajstić information content (AvgIpc) is 2.58. The second-order valence-corrected chi connectivity index (χ2v) is 4.37. The molecule has 0 saturated carbocycles. The van der Waals surface area contributed by atoms with Crippen molar-refractivity contribution in [2.24, 2.45) is 0 Å². The Morgan fingerprint density at radius 2 is 2.00 bits per heavy atom. The Morgan fingerprint density at radius 3 is 2.56 bits per heavy atom. The second-order valence-electron chi connectivity index (χ2n) is 4.37. The first kappa shape index (κ1) is 11.0. The molecule has 2 rings (SSSR count).